The van der Waals surface area contributed by atoms with Gasteiger partial charge in [0.05, 0.1) is 0 Å². The van der Waals surface area contributed by atoms with Crippen molar-refractivity contribution in [2.45, 2.75) is 39.2 Å². The number of hydrogen-bond acceptors (Lipinski definition) is 2. The fraction of sp³-hybridized carbons (Fsp3) is 0.500. The Morgan fingerprint density at radius 2 is 1.89 bits per heavy atom. The van der Waals surface area contributed by atoms with Gasteiger partial charge in [0.2, 0.25) is 0 Å². The molecule has 18 heavy (non-hydrogen) atoms. The quantitative estimate of drug-likeness (QED) is 0.764. The highest BCUT2D eigenvalue weighted by Crippen LogP contribution is 2.01. The topological polar surface area (TPSA) is 38.3 Å². The second kappa shape index (κ2) is 10.9. The lowest BCUT2D eigenvalue weighted by Gasteiger charge is -2.06. The largest absolute Gasteiger partial charge is 0.445 e. The molecule has 4 heteroatoms. The molecule has 3 nitrogen and oxygen atoms in total. The molecule has 0 saturated heterocycles. The van der Waals surface area contributed by atoms with E-state index in [0.29, 0.717) is 13.2 Å². The summed E-state index contributed by atoms with van der Waals surface area (Å²) in [6, 6.07) is 9.68. The van der Waals surface area contributed by atoms with Crippen LogP contribution in [0.2, 0.25) is 0 Å². The van der Waals surface area contributed by atoms with E-state index >= 15 is 0 Å². The summed E-state index contributed by atoms with van der Waals surface area (Å²) in [5, 5.41) is 2.75. The number of hydrogen-bond donors (Lipinski definition) is 1. The van der Waals surface area contributed by atoms with Crippen molar-refractivity contribution < 1.29 is 9.53 Å². The Morgan fingerprint density at radius 3 is 2.56 bits per heavy atom. The summed E-state index contributed by atoms with van der Waals surface area (Å²) in [6.45, 7) is 3.21. The molecule has 1 N–H and O–H groups in total. The molecule has 0 saturated carbocycles. The molecule has 0 aromatic heterocycles. The van der Waals surface area contributed by atoms with Crippen LogP contribution in [-0.4, -0.2) is 12.6 Å². The average molecular weight is 272 g/mol. The van der Waals surface area contributed by atoms with E-state index in [1.54, 1.807) is 0 Å². The highest BCUT2D eigenvalue weighted by molar-refractivity contribution is 5.85. The van der Waals surface area contributed by atoms with Gasteiger partial charge in [-0.1, -0.05) is 56.5 Å². The molecule has 0 aliphatic rings. The molecule has 0 fully saturated rings. The Hall–Kier alpha value is -1.22. The first-order chi connectivity index (χ1) is 8.33. The minimum absolute atomic E-state index is 0. The molecule has 0 atom stereocenters. The molecule has 0 unspecified atom stereocenters. The zero-order valence-electron chi connectivity index (χ0n) is 10.9. The molecule has 0 aliphatic carbocycles. The van der Waals surface area contributed by atoms with Crippen molar-refractivity contribution in [3.63, 3.8) is 0 Å². The number of amides is 1. The maximum Gasteiger partial charge on any atom is 0.407 e. The predicted molar refractivity (Wildman–Crippen MR) is 76.0 cm³/mol. The van der Waals surface area contributed by atoms with Crippen molar-refractivity contribution >= 4 is 18.5 Å². The highest BCUT2D eigenvalue weighted by atomic mass is 35.5. The number of ether oxygens (including phenoxy) is 1. The maximum atomic E-state index is 11.3. The third-order valence-corrected chi connectivity index (χ3v) is 2.51. The van der Waals surface area contributed by atoms with Crippen molar-refractivity contribution in [1.82, 2.24) is 5.32 Å². The first-order valence-electron chi connectivity index (χ1n) is 6.27. The molecule has 1 aromatic carbocycles. The molecule has 1 rings (SSSR count). The number of benzene rings is 1. The second-order valence-corrected chi connectivity index (χ2v) is 4.05. The number of nitrogens with one attached hydrogen (secondary N) is 1. The first-order valence-corrected chi connectivity index (χ1v) is 6.27. The Balaban J connectivity index is 0.00000289. The van der Waals surface area contributed by atoms with Gasteiger partial charge in [0, 0.05) is 6.54 Å². The molecular weight excluding hydrogens is 250 g/mol. The molecule has 0 heterocycles. The number of alkyl carbamates (subject to hydrolysis) is 1. The Morgan fingerprint density at radius 1 is 1.17 bits per heavy atom. The monoisotopic (exact) mass is 271 g/mol. The van der Waals surface area contributed by atoms with Gasteiger partial charge in [-0.2, -0.15) is 0 Å². The van der Waals surface area contributed by atoms with Crippen molar-refractivity contribution in [3.8, 4) is 0 Å². The second-order valence-electron chi connectivity index (χ2n) is 4.05. The van der Waals surface area contributed by atoms with Gasteiger partial charge in [0.25, 0.3) is 0 Å². The SMILES string of the molecule is CCCCCCNC(=O)OCc1ccccc1.Cl. The minimum atomic E-state index is -0.328. The molecular formula is C14H22ClNO2. The van der Waals surface area contributed by atoms with Crippen LogP contribution < -0.4 is 5.32 Å². The third kappa shape index (κ3) is 7.96. The van der Waals surface area contributed by atoms with Crippen molar-refractivity contribution in [3.05, 3.63) is 35.9 Å². The summed E-state index contributed by atoms with van der Waals surface area (Å²) in [5.74, 6) is 0. The van der Waals surface area contributed by atoms with Crippen LogP contribution >= 0.6 is 12.4 Å². The number of unbranched alkanes of at least 4 members (excludes halogenated alkanes) is 3. The Labute approximate surface area is 115 Å². The Kier molecular flexibility index (Phi) is 10.2. The number of carbonyl (C=O) groups excluding carboxylic acids is 1. The summed E-state index contributed by atoms with van der Waals surface area (Å²) in [6.07, 6.45) is 4.29. The fourth-order valence-corrected chi connectivity index (χ4v) is 1.52. The number of rotatable bonds is 7. The van der Waals surface area contributed by atoms with Gasteiger partial charge < -0.3 is 10.1 Å². The fourth-order valence-electron chi connectivity index (χ4n) is 1.52. The van der Waals surface area contributed by atoms with Crippen molar-refractivity contribution in [2.75, 3.05) is 6.54 Å². The van der Waals surface area contributed by atoms with Gasteiger partial charge in [-0.25, -0.2) is 4.79 Å². The van der Waals surface area contributed by atoms with E-state index in [1.165, 1.54) is 12.8 Å². The molecule has 0 spiro atoms. The smallest absolute Gasteiger partial charge is 0.407 e. The van der Waals surface area contributed by atoms with Gasteiger partial charge in [-0.15, -0.1) is 12.4 Å². The molecule has 102 valence electrons. The lowest BCUT2D eigenvalue weighted by atomic mass is 10.2. The van der Waals surface area contributed by atoms with Gasteiger partial charge in [0.1, 0.15) is 6.61 Å². The van der Waals surface area contributed by atoms with Crippen LogP contribution in [0.5, 0.6) is 0 Å². The van der Waals surface area contributed by atoms with Crippen molar-refractivity contribution in [2.24, 2.45) is 0 Å². The summed E-state index contributed by atoms with van der Waals surface area (Å²) in [5.41, 5.74) is 1.01. The zero-order chi connectivity index (χ0) is 12.3. The van der Waals surface area contributed by atoms with E-state index in [0.717, 1.165) is 18.4 Å². The molecule has 0 bridgehead atoms. The van der Waals surface area contributed by atoms with Gasteiger partial charge in [-0.3, -0.25) is 0 Å². The van der Waals surface area contributed by atoms with Gasteiger partial charge in [0.15, 0.2) is 0 Å². The molecule has 0 aliphatic heterocycles. The lowest BCUT2D eigenvalue weighted by Crippen LogP contribution is -2.25. The van der Waals surface area contributed by atoms with Crippen LogP contribution in [0.4, 0.5) is 4.79 Å². The van der Waals surface area contributed by atoms with E-state index < -0.39 is 0 Å². The van der Waals surface area contributed by atoms with Crippen molar-refractivity contribution in [1.29, 1.82) is 0 Å². The van der Waals surface area contributed by atoms with Gasteiger partial charge >= 0.3 is 6.09 Å². The van der Waals surface area contributed by atoms with E-state index in [-0.39, 0.29) is 18.5 Å². The van der Waals surface area contributed by atoms with Crippen LogP contribution in [-0.2, 0) is 11.3 Å². The third-order valence-electron chi connectivity index (χ3n) is 2.51. The standard InChI is InChI=1S/C14H21NO2.ClH/c1-2-3-4-8-11-15-14(16)17-12-13-9-6-5-7-10-13;/h5-7,9-10H,2-4,8,11-12H2,1H3,(H,15,16);1H. The summed E-state index contributed by atoms with van der Waals surface area (Å²) in [7, 11) is 0. The molecule has 0 radical (unpaired) electrons. The van der Waals surface area contributed by atoms with E-state index in [1.807, 2.05) is 30.3 Å². The van der Waals surface area contributed by atoms with Crippen LogP contribution in [0.3, 0.4) is 0 Å². The average Bonchev–Trinajstić information content (AvgIpc) is 2.37. The summed E-state index contributed by atoms with van der Waals surface area (Å²) < 4.78 is 5.08. The minimum Gasteiger partial charge on any atom is -0.445 e. The first kappa shape index (κ1) is 16.8. The normalized spacial score (nSPS) is 9.39. The van der Waals surface area contributed by atoms with Crippen LogP contribution in [0.15, 0.2) is 30.3 Å². The van der Waals surface area contributed by atoms with Crippen LogP contribution in [0.25, 0.3) is 0 Å². The number of carbonyl (C=O) groups is 1. The van der Waals surface area contributed by atoms with Gasteiger partial charge in [-0.05, 0) is 12.0 Å². The summed E-state index contributed by atoms with van der Waals surface area (Å²) >= 11 is 0. The van der Waals surface area contributed by atoms with Crippen LogP contribution in [0, 0.1) is 0 Å². The number of halogens is 1. The maximum absolute atomic E-state index is 11.3. The predicted octanol–water partition coefficient (Wildman–Crippen LogP) is 3.91. The van der Waals surface area contributed by atoms with E-state index in [4.69, 9.17) is 4.74 Å². The molecule has 1 aromatic rings. The highest BCUT2D eigenvalue weighted by Gasteiger charge is 2.00. The van der Waals surface area contributed by atoms with E-state index in [9.17, 15) is 4.79 Å². The molecule has 1 amide bonds. The zero-order valence-corrected chi connectivity index (χ0v) is 11.7. The Bertz CT molecular complexity index is 317. The van der Waals surface area contributed by atoms with E-state index in [2.05, 4.69) is 12.2 Å². The van der Waals surface area contributed by atoms with Crippen LogP contribution in [0.1, 0.15) is 38.2 Å². The lowest BCUT2D eigenvalue weighted by molar-refractivity contribution is 0.139. The summed E-state index contributed by atoms with van der Waals surface area (Å²) in [4.78, 5) is 11.3.